The molecule has 0 amide bonds. The topological polar surface area (TPSA) is 102 Å². The molecule has 1 aromatic heterocycles. The van der Waals surface area contributed by atoms with Crippen molar-refractivity contribution in [1.29, 1.82) is 5.26 Å². The lowest BCUT2D eigenvalue weighted by Gasteiger charge is -2.16. The summed E-state index contributed by atoms with van der Waals surface area (Å²) >= 11 is 0. The first-order chi connectivity index (χ1) is 14.8. The van der Waals surface area contributed by atoms with Crippen LogP contribution in [0, 0.1) is 24.1 Å². The van der Waals surface area contributed by atoms with Crippen LogP contribution in [0.15, 0.2) is 53.3 Å². The summed E-state index contributed by atoms with van der Waals surface area (Å²) in [6.07, 6.45) is 0. The quantitative estimate of drug-likeness (QED) is 0.587. The highest BCUT2D eigenvalue weighted by Crippen LogP contribution is 2.24. The van der Waals surface area contributed by atoms with Crippen LogP contribution in [-0.2, 0) is 6.54 Å². The fourth-order valence-electron chi connectivity index (χ4n) is 3.10. The number of benzene rings is 2. The van der Waals surface area contributed by atoms with Gasteiger partial charge in [0.1, 0.15) is 28.9 Å². The minimum atomic E-state index is -0.704. The number of ether oxygens (including phenoxy) is 2. The number of nitriles is 1. The van der Waals surface area contributed by atoms with Gasteiger partial charge in [-0.2, -0.15) is 5.26 Å². The number of carbonyl (C=O) groups is 1. The van der Waals surface area contributed by atoms with E-state index in [1.54, 1.807) is 24.3 Å². The minimum absolute atomic E-state index is 0.0529. The van der Waals surface area contributed by atoms with Gasteiger partial charge in [0.05, 0.1) is 19.2 Å². The van der Waals surface area contributed by atoms with Crippen molar-refractivity contribution in [3.63, 3.8) is 0 Å². The van der Waals surface area contributed by atoms with Crippen LogP contribution in [0.1, 0.15) is 27.0 Å². The summed E-state index contributed by atoms with van der Waals surface area (Å²) < 4.78 is 24.5. The smallest absolute Gasteiger partial charge is 0.271 e. The van der Waals surface area contributed by atoms with Gasteiger partial charge in [-0.3, -0.25) is 14.2 Å². The van der Waals surface area contributed by atoms with Crippen LogP contribution in [0.2, 0.25) is 0 Å². The lowest BCUT2D eigenvalue weighted by Crippen LogP contribution is -2.28. The summed E-state index contributed by atoms with van der Waals surface area (Å²) in [6, 6.07) is 13.7. The van der Waals surface area contributed by atoms with Crippen molar-refractivity contribution in [3.05, 3.63) is 87.0 Å². The summed E-state index contributed by atoms with van der Waals surface area (Å²) in [5.74, 6) is -0.740. The molecular formula is C23H19FN2O5. The van der Waals surface area contributed by atoms with Crippen molar-refractivity contribution in [2.75, 3.05) is 13.7 Å². The number of aromatic hydroxyl groups is 1. The maximum atomic E-state index is 13.0. The summed E-state index contributed by atoms with van der Waals surface area (Å²) in [4.78, 5) is 25.5. The molecule has 0 bridgehead atoms. The Bertz CT molecular complexity index is 1210. The van der Waals surface area contributed by atoms with E-state index in [0.717, 1.165) is 4.57 Å². The van der Waals surface area contributed by atoms with Crippen molar-refractivity contribution in [2.24, 2.45) is 0 Å². The van der Waals surface area contributed by atoms with Crippen LogP contribution in [0.5, 0.6) is 17.4 Å². The molecule has 3 rings (SSSR count). The Balaban J connectivity index is 1.96. The summed E-state index contributed by atoms with van der Waals surface area (Å²) in [7, 11) is 1.52. The molecule has 3 aromatic rings. The van der Waals surface area contributed by atoms with E-state index in [1.165, 1.54) is 38.3 Å². The summed E-state index contributed by atoms with van der Waals surface area (Å²) in [5, 5.41) is 20.2. The third kappa shape index (κ3) is 4.56. The van der Waals surface area contributed by atoms with E-state index in [0.29, 0.717) is 11.3 Å². The van der Waals surface area contributed by atoms with Crippen LogP contribution in [0.4, 0.5) is 4.39 Å². The van der Waals surface area contributed by atoms with E-state index in [4.69, 9.17) is 9.47 Å². The molecule has 0 spiro atoms. The van der Waals surface area contributed by atoms with Crippen LogP contribution < -0.4 is 15.0 Å². The first-order valence-electron chi connectivity index (χ1n) is 9.26. The van der Waals surface area contributed by atoms with E-state index < -0.39 is 29.6 Å². The molecule has 0 atom stereocenters. The average Bonchev–Trinajstić information content (AvgIpc) is 2.77. The van der Waals surface area contributed by atoms with Gasteiger partial charge in [-0.15, -0.1) is 0 Å². The van der Waals surface area contributed by atoms with E-state index in [9.17, 15) is 24.3 Å². The molecule has 0 fully saturated rings. The summed E-state index contributed by atoms with van der Waals surface area (Å²) in [6.45, 7) is 0.900. The van der Waals surface area contributed by atoms with Crippen LogP contribution >= 0.6 is 0 Å². The SMILES string of the molecule is COc1ccc(Cn2c(O)c(C(=O)COc3ccc(F)cc3)c(C)c(C#N)c2=O)cc1. The highest BCUT2D eigenvalue weighted by atomic mass is 19.1. The van der Waals surface area contributed by atoms with E-state index >= 15 is 0 Å². The Morgan fingerprint density at radius 1 is 1.13 bits per heavy atom. The van der Waals surface area contributed by atoms with Crippen molar-refractivity contribution in [1.82, 2.24) is 4.57 Å². The number of hydrogen-bond donors (Lipinski definition) is 1. The maximum absolute atomic E-state index is 13.0. The molecule has 0 saturated heterocycles. The monoisotopic (exact) mass is 422 g/mol. The van der Waals surface area contributed by atoms with Crippen LogP contribution in [0.3, 0.4) is 0 Å². The molecule has 0 unspecified atom stereocenters. The fourth-order valence-corrected chi connectivity index (χ4v) is 3.10. The lowest BCUT2D eigenvalue weighted by atomic mass is 10.0. The van der Waals surface area contributed by atoms with Gasteiger partial charge in [0.2, 0.25) is 11.7 Å². The zero-order chi connectivity index (χ0) is 22.5. The second kappa shape index (κ2) is 9.13. The molecule has 0 radical (unpaired) electrons. The van der Waals surface area contributed by atoms with Gasteiger partial charge < -0.3 is 14.6 Å². The Morgan fingerprint density at radius 3 is 2.32 bits per heavy atom. The molecule has 1 heterocycles. The third-order valence-corrected chi connectivity index (χ3v) is 4.76. The van der Waals surface area contributed by atoms with Gasteiger partial charge >= 0.3 is 0 Å². The number of rotatable bonds is 7. The highest BCUT2D eigenvalue weighted by Gasteiger charge is 2.24. The molecule has 7 nitrogen and oxygen atoms in total. The largest absolute Gasteiger partial charge is 0.497 e. The number of nitrogens with zero attached hydrogens (tertiary/aromatic N) is 2. The van der Waals surface area contributed by atoms with Gasteiger partial charge in [0.25, 0.3) is 5.56 Å². The number of pyridine rings is 1. The number of halogens is 1. The highest BCUT2D eigenvalue weighted by molar-refractivity contribution is 6.01. The molecule has 0 saturated carbocycles. The number of Topliss-reactive ketones (excluding diaryl/α,β-unsaturated/α-hetero) is 1. The summed E-state index contributed by atoms with van der Waals surface area (Å²) in [5.41, 5.74) is -0.386. The first-order valence-corrected chi connectivity index (χ1v) is 9.26. The van der Waals surface area contributed by atoms with Gasteiger partial charge in [-0.05, 0) is 54.4 Å². The van der Waals surface area contributed by atoms with Gasteiger partial charge in [0, 0.05) is 0 Å². The van der Waals surface area contributed by atoms with Gasteiger partial charge in [0.15, 0.2) is 6.61 Å². The van der Waals surface area contributed by atoms with E-state index in [1.807, 2.05) is 6.07 Å². The molecule has 158 valence electrons. The normalized spacial score (nSPS) is 10.4. The molecule has 2 aromatic carbocycles. The molecule has 1 N–H and O–H groups in total. The Morgan fingerprint density at radius 2 is 1.74 bits per heavy atom. The predicted octanol–water partition coefficient (Wildman–Crippen LogP) is 3.19. The number of methoxy groups -OCH3 is 1. The Kier molecular flexibility index (Phi) is 6.36. The van der Waals surface area contributed by atoms with E-state index in [-0.39, 0.29) is 29.0 Å². The standard InChI is InChI=1S/C23H19FN2O5/c1-14-19(11-25)22(28)26(12-15-3-7-17(30-2)8-4-15)23(29)21(14)20(27)13-31-18-9-5-16(24)6-10-18/h3-10,29H,12-13H2,1-2H3. The maximum Gasteiger partial charge on any atom is 0.271 e. The lowest BCUT2D eigenvalue weighted by molar-refractivity contribution is 0.0916. The molecule has 0 aliphatic carbocycles. The molecule has 0 aliphatic rings. The number of carbonyl (C=O) groups excluding carboxylic acids is 1. The zero-order valence-corrected chi connectivity index (χ0v) is 16.9. The minimum Gasteiger partial charge on any atom is -0.497 e. The Labute approximate surface area is 177 Å². The van der Waals surface area contributed by atoms with E-state index in [2.05, 4.69) is 0 Å². The number of hydrogen-bond acceptors (Lipinski definition) is 6. The molecular weight excluding hydrogens is 403 g/mol. The van der Waals surface area contributed by atoms with Crippen molar-refractivity contribution in [2.45, 2.75) is 13.5 Å². The first kappa shape index (κ1) is 21.6. The van der Waals surface area contributed by atoms with Crippen molar-refractivity contribution >= 4 is 5.78 Å². The van der Waals surface area contributed by atoms with Gasteiger partial charge in [-0.25, -0.2) is 4.39 Å². The van der Waals surface area contributed by atoms with Crippen LogP contribution in [-0.4, -0.2) is 29.2 Å². The van der Waals surface area contributed by atoms with Crippen LogP contribution in [0.25, 0.3) is 0 Å². The predicted molar refractivity (Wildman–Crippen MR) is 110 cm³/mol. The van der Waals surface area contributed by atoms with Gasteiger partial charge in [-0.1, -0.05) is 12.1 Å². The van der Waals surface area contributed by atoms with Crippen molar-refractivity contribution < 1.29 is 23.8 Å². The third-order valence-electron chi connectivity index (χ3n) is 4.76. The molecule has 31 heavy (non-hydrogen) atoms. The zero-order valence-electron chi connectivity index (χ0n) is 16.9. The average molecular weight is 422 g/mol. The number of aromatic nitrogens is 1. The fraction of sp³-hybridized carbons (Fsp3) is 0.174. The second-order valence-electron chi connectivity index (χ2n) is 6.72. The molecule has 0 aliphatic heterocycles. The van der Waals surface area contributed by atoms with Crippen molar-refractivity contribution in [3.8, 4) is 23.4 Å². The second-order valence-corrected chi connectivity index (χ2v) is 6.72. The Hall–Kier alpha value is -4.12. The molecule has 8 heteroatoms. The number of ketones is 1.